The first-order chi connectivity index (χ1) is 9.08. The molecular weight excluding hydrogens is 260 g/mol. The van der Waals surface area contributed by atoms with Crippen molar-refractivity contribution in [2.45, 2.75) is 56.0 Å². The van der Waals surface area contributed by atoms with Gasteiger partial charge in [-0.3, -0.25) is 4.79 Å². The Hall–Kier alpha value is -1.04. The van der Waals surface area contributed by atoms with Crippen LogP contribution in [0.2, 0.25) is 0 Å². The SMILES string of the molecule is C[C@@H]1CCCC[C@@H]1NC(=O)[C@@H](C)Sc1nncn1C. The van der Waals surface area contributed by atoms with Gasteiger partial charge in [-0.25, -0.2) is 0 Å². The van der Waals surface area contributed by atoms with E-state index in [9.17, 15) is 4.79 Å². The zero-order chi connectivity index (χ0) is 13.8. The van der Waals surface area contributed by atoms with Crippen molar-refractivity contribution < 1.29 is 4.79 Å². The molecule has 6 heteroatoms. The molecule has 0 saturated heterocycles. The van der Waals surface area contributed by atoms with Crippen LogP contribution in [0.5, 0.6) is 0 Å². The van der Waals surface area contributed by atoms with E-state index in [1.165, 1.54) is 31.0 Å². The van der Waals surface area contributed by atoms with Gasteiger partial charge in [-0.15, -0.1) is 10.2 Å². The Balaban J connectivity index is 1.87. The third kappa shape index (κ3) is 3.72. The summed E-state index contributed by atoms with van der Waals surface area (Å²) >= 11 is 1.45. The number of aromatic nitrogens is 3. The van der Waals surface area contributed by atoms with E-state index in [2.05, 4.69) is 22.4 Å². The Kier molecular flexibility index (Phi) is 4.85. The first-order valence-electron chi connectivity index (χ1n) is 6.89. The van der Waals surface area contributed by atoms with E-state index in [1.54, 1.807) is 6.33 Å². The number of carbonyl (C=O) groups is 1. The summed E-state index contributed by atoms with van der Waals surface area (Å²) in [6, 6.07) is 0.337. The van der Waals surface area contributed by atoms with Gasteiger partial charge in [0.25, 0.3) is 0 Å². The van der Waals surface area contributed by atoms with Crippen LogP contribution in [0.25, 0.3) is 0 Å². The molecule has 19 heavy (non-hydrogen) atoms. The number of hydrogen-bond donors (Lipinski definition) is 1. The number of carbonyl (C=O) groups excluding carboxylic acids is 1. The van der Waals surface area contributed by atoms with E-state index in [0.717, 1.165) is 11.6 Å². The monoisotopic (exact) mass is 282 g/mol. The first kappa shape index (κ1) is 14.4. The maximum absolute atomic E-state index is 12.2. The quantitative estimate of drug-likeness (QED) is 0.858. The van der Waals surface area contributed by atoms with Crippen LogP contribution >= 0.6 is 11.8 Å². The molecule has 1 aliphatic carbocycles. The van der Waals surface area contributed by atoms with Crippen molar-refractivity contribution in [1.82, 2.24) is 20.1 Å². The molecule has 0 unspecified atom stereocenters. The zero-order valence-corrected chi connectivity index (χ0v) is 12.6. The van der Waals surface area contributed by atoms with Gasteiger partial charge in [0.05, 0.1) is 5.25 Å². The minimum atomic E-state index is -0.142. The van der Waals surface area contributed by atoms with Crippen LogP contribution in [0.4, 0.5) is 0 Å². The Labute approximate surface area is 118 Å². The van der Waals surface area contributed by atoms with E-state index in [-0.39, 0.29) is 11.2 Å². The molecule has 5 nitrogen and oxygen atoms in total. The molecule has 1 aromatic rings. The average molecular weight is 282 g/mol. The molecule has 106 valence electrons. The van der Waals surface area contributed by atoms with Crippen molar-refractivity contribution in [3.05, 3.63) is 6.33 Å². The molecule has 0 radical (unpaired) electrons. The third-order valence-electron chi connectivity index (χ3n) is 3.76. The fourth-order valence-electron chi connectivity index (χ4n) is 2.42. The number of thioether (sulfide) groups is 1. The van der Waals surface area contributed by atoms with Crippen molar-refractivity contribution in [1.29, 1.82) is 0 Å². The number of nitrogens with zero attached hydrogens (tertiary/aromatic N) is 3. The summed E-state index contributed by atoms with van der Waals surface area (Å²) in [6.07, 6.45) is 6.48. The van der Waals surface area contributed by atoms with Gasteiger partial charge in [0, 0.05) is 13.1 Å². The van der Waals surface area contributed by atoms with Crippen LogP contribution in [-0.4, -0.2) is 32.0 Å². The topological polar surface area (TPSA) is 59.8 Å². The lowest BCUT2D eigenvalue weighted by Gasteiger charge is -2.30. The van der Waals surface area contributed by atoms with Gasteiger partial charge in [0.15, 0.2) is 5.16 Å². The summed E-state index contributed by atoms with van der Waals surface area (Å²) in [5.74, 6) is 0.691. The van der Waals surface area contributed by atoms with Crippen LogP contribution in [0.3, 0.4) is 0 Å². The molecule has 0 spiro atoms. The Morgan fingerprint density at radius 1 is 1.53 bits per heavy atom. The molecule has 1 amide bonds. The summed E-state index contributed by atoms with van der Waals surface area (Å²) in [7, 11) is 1.89. The maximum atomic E-state index is 12.2. The van der Waals surface area contributed by atoms with Crippen LogP contribution in [0, 0.1) is 5.92 Å². The van der Waals surface area contributed by atoms with Crippen LogP contribution in [0.1, 0.15) is 39.5 Å². The Morgan fingerprint density at radius 3 is 2.89 bits per heavy atom. The number of amides is 1. The lowest BCUT2D eigenvalue weighted by molar-refractivity contribution is -0.121. The third-order valence-corrected chi connectivity index (χ3v) is 4.91. The highest BCUT2D eigenvalue weighted by molar-refractivity contribution is 8.00. The highest BCUT2D eigenvalue weighted by Gasteiger charge is 2.25. The van der Waals surface area contributed by atoms with E-state index in [1.807, 2.05) is 18.5 Å². The fraction of sp³-hybridized carbons (Fsp3) is 0.769. The van der Waals surface area contributed by atoms with Gasteiger partial charge in [-0.05, 0) is 25.7 Å². The molecule has 1 fully saturated rings. The van der Waals surface area contributed by atoms with Gasteiger partial charge in [-0.2, -0.15) is 0 Å². The largest absolute Gasteiger partial charge is 0.352 e. The number of rotatable bonds is 4. The molecule has 1 saturated carbocycles. The number of aryl methyl sites for hydroxylation is 1. The zero-order valence-electron chi connectivity index (χ0n) is 11.8. The van der Waals surface area contributed by atoms with E-state index < -0.39 is 0 Å². The second-order valence-corrected chi connectivity index (χ2v) is 6.67. The molecule has 0 bridgehead atoms. The molecule has 0 aromatic carbocycles. The molecule has 0 aliphatic heterocycles. The molecule has 3 atom stereocenters. The van der Waals surface area contributed by atoms with Gasteiger partial charge in [-0.1, -0.05) is 31.5 Å². The number of hydrogen-bond acceptors (Lipinski definition) is 4. The summed E-state index contributed by atoms with van der Waals surface area (Å²) in [5, 5.41) is 11.6. The van der Waals surface area contributed by atoms with Gasteiger partial charge < -0.3 is 9.88 Å². The van der Waals surface area contributed by atoms with Crippen LogP contribution in [-0.2, 0) is 11.8 Å². The summed E-state index contributed by atoms with van der Waals surface area (Å²) < 4.78 is 1.83. The van der Waals surface area contributed by atoms with Crippen molar-refractivity contribution >= 4 is 17.7 Å². The van der Waals surface area contributed by atoms with Gasteiger partial charge >= 0.3 is 0 Å². The minimum absolute atomic E-state index is 0.103. The summed E-state index contributed by atoms with van der Waals surface area (Å²) in [5.41, 5.74) is 0. The molecule has 1 aromatic heterocycles. The standard InChI is InChI=1S/C13H22N4OS/c1-9-6-4-5-7-11(9)15-12(18)10(2)19-13-16-14-8-17(13)3/h8-11H,4-7H2,1-3H3,(H,15,18)/t9-,10-,11+/m1/s1. The second-order valence-electron chi connectivity index (χ2n) is 5.36. The maximum Gasteiger partial charge on any atom is 0.233 e. The van der Waals surface area contributed by atoms with Crippen molar-refractivity contribution in [2.24, 2.45) is 13.0 Å². The van der Waals surface area contributed by atoms with Gasteiger partial charge in [0.2, 0.25) is 5.91 Å². The first-order valence-corrected chi connectivity index (χ1v) is 7.77. The Bertz CT molecular complexity index is 434. The van der Waals surface area contributed by atoms with Crippen LogP contribution in [0.15, 0.2) is 11.5 Å². The van der Waals surface area contributed by atoms with Crippen molar-refractivity contribution in [3.63, 3.8) is 0 Å². The van der Waals surface area contributed by atoms with E-state index in [0.29, 0.717) is 12.0 Å². The highest BCUT2D eigenvalue weighted by atomic mass is 32.2. The smallest absolute Gasteiger partial charge is 0.233 e. The molecule has 1 N–H and O–H groups in total. The fourth-order valence-corrected chi connectivity index (χ4v) is 3.22. The van der Waals surface area contributed by atoms with Crippen molar-refractivity contribution in [3.8, 4) is 0 Å². The number of nitrogens with one attached hydrogen (secondary N) is 1. The second kappa shape index (κ2) is 6.41. The molecule has 2 rings (SSSR count). The highest BCUT2D eigenvalue weighted by Crippen LogP contribution is 2.25. The average Bonchev–Trinajstić information content (AvgIpc) is 2.78. The predicted octanol–water partition coefficient (Wildman–Crippen LogP) is 1.99. The normalized spacial score (nSPS) is 25.0. The summed E-state index contributed by atoms with van der Waals surface area (Å²) in [4.78, 5) is 12.2. The predicted molar refractivity (Wildman–Crippen MR) is 75.9 cm³/mol. The Morgan fingerprint density at radius 2 is 2.26 bits per heavy atom. The summed E-state index contributed by atoms with van der Waals surface area (Å²) in [6.45, 7) is 4.15. The molecule has 1 heterocycles. The lowest BCUT2D eigenvalue weighted by Crippen LogP contribution is -2.44. The van der Waals surface area contributed by atoms with Crippen molar-refractivity contribution in [2.75, 3.05) is 0 Å². The minimum Gasteiger partial charge on any atom is -0.352 e. The molecular formula is C13H22N4OS. The van der Waals surface area contributed by atoms with E-state index in [4.69, 9.17) is 0 Å². The van der Waals surface area contributed by atoms with Gasteiger partial charge in [0.1, 0.15) is 6.33 Å². The van der Waals surface area contributed by atoms with E-state index >= 15 is 0 Å². The lowest BCUT2D eigenvalue weighted by atomic mass is 9.86. The van der Waals surface area contributed by atoms with Crippen LogP contribution < -0.4 is 5.32 Å². The molecule has 1 aliphatic rings.